The second-order valence-corrected chi connectivity index (χ2v) is 6.37. The van der Waals surface area contributed by atoms with Crippen molar-refractivity contribution >= 4 is 18.0 Å². The molecule has 0 saturated heterocycles. The van der Waals surface area contributed by atoms with Gasteiger partial charge in [-0.3, -0.25) is 4.79 Å². The minimum absolute atomic E-state index is 0.0603. The number of carboxylic acid groups (broad SMARTS) is 1. The Morgan fingerprint density at radius 2 is 1.66 bits per heavy atom. The fourth-order valence-corrected chi connectivity index (χ4v) is 2.74. The molecule has 0 unspecified atom stereocenters. The lowest BCUT2D eigenvalue weighted by molar-refractivity contribution is -0.139. The van der Waals surface area contributed by atoms with E-state index in [0.717, 1.165) is 11.1 Å². The van der Waals surface area contributed by atoms with Crippen molar-refractivity contribution in [3.05, 3.63) is 65.7 Å². The number of hydrogen-bond donors (Lipinski definition) is 1. The monoisotopic (exact) mass is 397 g/mol. The minimum atomic E-state index is -1.05. The number of benzene rings is 2. The smallest absolute Gasteiger partial charge is 0.341 e. The van der Waals surface area contributed by atoms with Gasteiger partial charge in [0.05, 0.1) is 0 Å². The molecule has 0 spiro atoms. The van der Waals surface area contributed by atoms with Crippen molar-refractivity contribution < 1.29 is 24.2 Å². The highest BCUT2D eigenvalue weighted by molar-refractivity contribution is 5.78. The van der Waals surface area contributed by atoms with Gasteiger partial charge in [0.2, 0.25) is 5.91 Å². The van der Waals surface area contributed by atoms with Crippen LogP contribution in [-0.4, -0.2) is 41.6 Å². The van der Waals surface area contributed by atoms with Gasteiger partial charge in [-0.25, -0.2) is 4.79 Å². The second-order valence-electron chi connectivity index (χ2n) is 6.37. The average Bonchev–Trinajstić information content (AvgIpc) is 2.72. The second kappa shape index (κ2) is 11.5. The van der Waals surface area contributed by atoms with Crippen LogP contribution in [0.1, 0.15) is 31.4 Å². The summed E-state index contributed by atoms with van der Waals surface area (Å²) in [5, 5.41) is 8.85. The normalized spacial score (nSPS) is 10.7. The van der Waals surface area contributed by atoms with E-state index in [-0.39, 0.29) is 5.91 Å². The minimum Gasteiger partial charge on any atom is -0.489 e. The number of nitrogens with zero attached hydrogens (tertiary/aromatic N) is 1. The largest absolute Gasteiger partial charge is 0.489 e. The van der Waals surface area contributed by atoms with Crippen LogP contribution in [0.5, 0.6) is 11.5 Å². The Bertz CT molecular complexity index is 828. The van der Waals surface area contributed by atoms with Gasteiger partial charge in [-0.15, -0.1) is 0 Å². The third kappa shape index (κ3) is 7.70. The zero-order valence-corrected chi connectivity index (χ0v) is 16.8. The van der Waals surface area contributed by atoms with Crippen LogP contribution in [0.3, 0.4) is 0 Å². The third-order valence-corrected chi connectivity index (χ3v) is 4.23. The lowest BCUT2D eigenvalue weighted by Gasteiger charge is -2.17. The van der Waals surface area contributed by atoms with E-state index < -0.39 is 12.6 Å². The van der Waals surface area contributed by atoms with Crippen LogP contribution in [0.4, 0.5) is 0 Å². The number of hydrogen-bond acceptors (Lipinski definition) is 4. The van der Waals surface area contributed by atoms with E-state index in [2.05, 4.69) is 0 Å². The molecule has 0 aromatic heterocycles. The summed E-state index contributed by atoms with van der Waals surface area (Å²) in [5.41, 5.74) is 1.79. The Morgan fingerprint density at radius 3 is 2.28 bits per heavy atom. The van der Waals surface area contributed by atoms with Crippen LogP contribution in [0.25, 0.3) is 6.08 Å². The molecular formula is C23H27NO5. The molecule has 29 heavy (non-hydrogen) atoms. The molecule has 2 rings (SSSR count). The predicted octanol–water partition coefficient (Wildman–Crippen LogP) is 4.00. The van der Waals surface area contributed by atoms with Crippen molar-refractivity contribution in [3.63, 3.8) is 0 Å². The molecular weight excluding hydrogens is 370 g/mol. The molecule has 0 aliphatic rings. The molecule has 0 aliphatic heterocycles. The van der Waals surface area contributed by atoms with Gasteiger partial charge < -0.3 is 19.5 Å². The summed E-state index contributed by atoms with van der Waals surface area (Å²) in [4.78, 5) is 24.7. The number of rotatable bonds is 11. The Hall–Kier alpha value is -3.28. The maximum absolute atomic E-state index is 12.1. The van der Waals surface area contributed by atoms with Gasteiger partial charge in [-0.1, -0.05) is 42.5 Å². The van der Waals surface area contributed by atoms with Crippen LogP contribution in [0.15, 0.2) is 54.6 Å². The van der Waals surface area contributed by atoms with E-state index in [4.69, 9.17) is 14.6 Å². The zero-order valence-electron chi connectivity index (χ0n) is 16.8. The summed E-state index contributed by atoms with van der Waals surface area (Å²) in [6, 6.07) is 14.9. The van der Waals surface area contributed by atoms with Gasteiger partial charge in [-0.2, -0.15) is 0 Å². The molecule has 0 radical (unpaired) electrons. The van der Waals surface area contributed by atoms with Crippen molar-refractivity contribution in [3.8, 4) is 11.5 Å². The van der Waals surface area contributed by atoms with Crippen LogP contribution in [0.2, 0.25) is 0 Å². The van der Waals surface area contributed by atoms with Crippen LogP contribution in [-0.2, 0) is 16.2 Å². The summed E-state index contributed by atoms with van der Waals surface area (Å²) in [7, 11) is 0. The first-order valence-electron chi connectivity index (χ1n) is 9.62. The highest BCUT2D eigenvalue weighted by atomic mass is 16.5. The Balaban J connectivity index is 2.11. The molecule has 0 aliphatic carbocycles. The van der Waals surface area contributed by atoms with Crippen LogP contribution >= 0.6 is 0 Å². The summed E-state index contributed by atoms with van der Waals surface area (Å²) in [6.45, 7) is 5.20. The number of carbonyl (C=O) groups is 2. The van der Waals surface area contributed by atoms with E-state index in [1.165, 1.54) is 0 Å². The zero-order chi connectivity index (χ0) is 21.1. The predicted molar refractivity (Wildman–Crippen MR) is 112 cm³/mol. The molecule has 6 nitrogen and oxygen atoms in total. The van der Waals surface area contributed by atoms with Crippen molar-refractivity contribution in [2.45, 2.75) is 26.9 Å². The molecule has 2 aromatic carbocycles. The molecule has 0 saturated carbocycles. The number of amides is 1. The standard InChI is InChI=1S/C23H27NO5/c1-3-24(4-2)22(25)12-8-11-19-13-20(15-21(14-19)29-17-23(26)27)28-16-18-9-6-5-7-10-18/h5-11,13-15H,3-4,12,16-17H2,1-2H3,(H,26,27)/b11-8+. The van der Waals surface area contributed by atoms with Crippen LogP contribution in [0, 0.1) is 0 Å². The van der Waals surface area contributed by atoms with E-state index in [9.17, 15) is 9.59 Å². The van der Waals surface area contributed by atoms with Crippen molar-refractivity contribution in [1.82, 2.24) is 4.90 Å². The van der Waals surface area contributed by atoms with Gasteiger partial charge in [-0.05, 0) is 37.1 Å². The maximum Gasteiger partial charge on any atom is 0.341 e. The summed E-state index contributed by atoms with van der Waals surface area (Å²) >= 11 is 0. The third-order valence-electron chi connectivity index (χ3n) is 4.23. The highest BCUT2D eigenvalue weighted by Gasteiger charge is 2.08. The highest BCUT2D eigenvalue weighted by Crippen LogP contribution is 2.25. The number of carboxylic acids is 1. The van der Waals surface area contributed by atoms with E-state index >= 15 is 0 Å². The van der Waals surface area contributed by atoms with Gasteiger partial charge in [0.1, 0.15) is 18.1 Å². The molecule has 0 heterocycles. The lowest BCUT2D eigenvalue weighted by atomic mass is 10.1. The molecule has 1 N–H and O–H groups in total. The molecule has 0 atom stereocenters. The Labute approximate surface area is 171 Å². The summed E-state index contributed by atoms with van der Waals surface area (Å²) in [6.07, 6.45) is 3.89. The first-order chi connectivity index (χ1) is 14.0. The topological polar surface area (TPSA) is 76.1 Å². The SMILES string of the molecule is CCN(CC)C(=O)C/C=C/c1cc(OCC(=O)O)cc(OCc2ccccc2)c1. The van der Waals surface area contributed by atoms with Gasteiger partial charge in [0.25, 0.3) is 0 Å². The van der Waals surface area contributed by atoms with E-state index in [1.54, 1.807) is 23.1 Å². The molecule has 0 bridgehead atoms. The van der Waals surface area contributed by atoms with E-state index in [0.29, 0.717) is 37.6 Å². The number of ether oxygens (including phenoxy) is 2. The molecule has 154 valence electrons. The number of aliphatic carboxylic acids is 1. The van der Waals surface area contributed by atoms with Crippen molar-refractivity contribution in [1.29, 1.82) is 0 Å². The fraction of sp³-hybridized carbons (Fsp3) is 0.304. The Kier molecular flexibility index (Phi) is 8.76. The molecule has 2 aromatic rings. The van der Waals surface area contributed by atoms with Gasteiger partial charge in [0, 0.05) is 25.6 Å². The van der Waals surface area contributed by atoms with Crippen LogP contribution < -0.4 is 9.47 Å². The van der Waals surface area contributed by atoms with E-state index in [1.807, 2.05) is 56.3 Å². The number of carbonyl (C=O) groups excluding carboxylic acids is 1. The molecule has 0 fully saturated rings. The maximum atomic E-state index is 12.1. The fourth-order valence-electron chi connectivity index (χ4n) is 2.74. The summed E-state index contributed by atoms with van der Waals surface area (Å²) < 4.78 is 11.2. The molecule has 1 amide bonds. The lowest BCUT2D eigenvalue weighted by Crippen LogP contribution is -2.29. The summed E-state index contributed by atoms with van der Waals surface area (Å²) in [5.74, 6) is -0.0354. The molecule has 6 heteroatoms. The van der Waals surface area contributed by atoms with Crippen molar-refractivity contribution in [2.24, 2.45) is 0 Å². The quantitative estimate of drug-likeness (QED) is 0.620. The Morgan fingerprint density at radius 1 is 1.00 bits per heavy atom. The van der Waals surface area contributed by atoms with Gasteiger partial charge in [0.15, 0.2) is 6.61 Å². The first kappa shape index (κ1) is 22.0. The average molecular weight is 397 g/mol. The first-order valence-corrected chi connectivity index (χ1v) is 9.62. The van der Waals surface area contributed by atoms with Gasteiger partial charge >= 0.3 is 5.97 Å². The van der Waals surface area contributed by atoms with Crippen molar-refractivity contribution in [2.75, 3.05) is 19.7 Å².